The molecule has 9 N–H and O–H groups in total. The van der Waals surface area contributed by atoms with E-state index in [4.69, 9.17) is 19.2 Å². The van der Waals surface area contributed by atoms with Crippen molar-refractivity contribution in [3.8, 4) is 0 Å². The molecule has 0 aliphatic rings. The predicted octanol–water partition coefficient (Wildman–Crippen LogP) is -1.66. The van der Waals surface area contributed by atoms with E-state index < -0.39 is 7.82 Å². The van der Waals surface area contributed by atoms with E-state index in [1.165, 1.54) is 0 Å². The summed E-state index contributed by atoms with van der Waals surface area (Å²) in [5, 5.41) is 2.99. The van der Waals surface area contributed by atoms with Crippen LogP contribution < -0.4 is 31.9 Å². The standard InChI is InChI=1S/3C3H7Br2N.H3O4P/c3*4-1-3(5)2-6;1-5(2,3)4/h3*3H,1-2,6H2;(H3,1,2,3,4). The van der Waals surface area contributed by atoms with Crippen molar-refractivity contribution in [3.63, 3.8) is 0 Å². The van der Waals surface area contributed by atoms with Gasteiger partial charge in [0.2, 0.25) is 0 Å². The minimum atomic E-state index is -5.39. The van der Waals surface area contributed by atoms with Crippen molar-refractivity contribution >= 4 is 103 Å². The van der Waals surface area contributed by atoms with Gasteiger partial charge in [-0.3, -0.25) is 0 Å². The summed E-state index contributed by atoms with van der Waals surface area (Å²) < 4.78 is 8.55. The molecule has 0 aromatic rings. The molecule has 0 amide bonds. The summed E-state index contributed by atoms with van der Waals surface area (Å²) in [4.78, 5) is 27.3. The molecule has 23 heavy (non-hydrogen) atoms. The fraction of sp³-hybridized carbons (Fsp3) is 1.00. The van der Waals surface area contributed by atoms with Crippen LogP contribution in [-0.4, -0.2) is 50.1 Å². The van der Waals surface area contributed by atoms with Crippen LogP contribution in [0, 0.1) is 0 Å². The smallest absolute Gasteiger partial charge is 0.0875 e. The van der Waals surface area contributed by atoms with E-state index in [0.717, 1.165) is 35.6 Å². The van der Waals surface area contributed by atoms with Crippen molar-refractivity contribution in [1.29, 1.82) is 0 Å². The average Bonchev–Trinajstić information content (AvgIpc) is 2.51. The fourth-order valence-electron chi connectivity index (χ4n) is 0.231. The summed E-state index contributed by atoms with van der Waals surface area (Å²) >= 11 is 20.0. The number of halogens is 6. The summed E-state index contributed by atoms with van der Waals surface area (Å²) in [5.41, 5.74) is 11.0. The molecule has 0 aromatic carbocycles. The molecule has 0 aromatic heterocycles. The van der Waals surface area contributed by atoms with E-state index in [1.54, 1.807) is 0 Å². The SMILES string of the molecule is O=P([O-])([O-])[O-].[NH3+]CC(Br)CBr.[NH3+]CC(Br)CBr.[NH3+]CC(Br)CBr. The van der Waals surface area contributed by atoms with E-state index in [9.17, 15) is 0 Å². The first kappa shape index (κ1) is 33.5. The summed E-state index contributed by atoms with van der Waals surface area (Å²) in [6, 6.07) is 0. The second-order valence-electron chi connectivity index (χ2n) is 3.57. The number of phosphoric acid groups is 1. The number of rotatable bonds is 6. The zero-order valence-electron chi connectivity index (χ0n) is 12.4. The van der Waals surface area contributed by atoms with Crippen LogP contribution in [0.4, 0.5) is 0 Å². The maximum atomic E-state index is 8.55. The van der Waals surface area contributed by atoms with Crippen molar-refractivity contribution in [1.82, 2.24) is 0 Å². The van der Waals surface area contributed by atoms with Gasteiger partial charge < -0.3 is 36.4 Å². The number of hydrogen-bond donors (Lipinski definition) is 3. The third-order valence-electron chi connectivity index (χ3n) is 1.44. The molecule has 0 heterocycles. The Kier molecular flexibility index (Phi) is 36.2. The highest BCUT2D eigenvalue weighted by Crippen LogP contribution is 2.03. The molecule has 0 rings (SSSR count). The largest absolute Gasteiger partial charge is 0.822 e. The van der Waals surface area contributed by atoms with E-state index >= 15 is 0 Å². The lowest BCUT2D eigenvalue weighted by molar-refractivity contribution is -0.432. The fourth-order valence-corrected chi connectivity index (χ4v) is 1.20. The van der Waals surface area contributed by atoms with Gasteiger partial charge in [-0.25, -0.2) is 0 Å². The maximum absolute atomic E-state index is 8.55. The lowest BCUT2D eigenvalue weighted by Gasteiger charge is -2.36. The molecule has 0 spiro atoms. The monoisotopic (exact) mass is 743 g/mol. The predicted molar refractivity (Wildman–Crippen MR) is 110 cm³/mol. The van der Waals surface area contributed by atoms with Gasteiger partial charge in [-0.2, -0.15) is 7.82 Å². The van der Waals surface area contributed by atoms with Crippen LogP contribution in [0.3, 0.4) is 0 Å². The topological polar surface area (TPSA) is 169 Å². The van der Waals surface area contributed by atoms with Crippen molar-refractivity contribution in [3.05, 3.63) is 0 Å². The van der Waals surface area contributed by atoms with Gasteiger partial charge in [0, 0.05) is 16.0 Å². The Morgan fingerprint density at radius 2 is 0.826 bits per heavy atom. The molecule has 0 bridgehead atoms. The minimum Gasteiger partial charge on any atom is -0.822 e. The Labute approximate surface area is 188 Å². The highest BCUT2D eigenvalue weighted by molar-refractivity contribution is 9.12. The first-order valence-electron chi connectivity index (χ1n) is 6.14. The van der Waals surface area contributed by atoms with Crippen LogP contribution in [0.25, 0.3) is 0 Å². The van der Waals surface area contributed by atoms with Gasteiger partial charge >= 0.3 is 0 Å². The summed E-state index contributed by atoms with van der Waals surface area (Å²) in [5.74, 6) is 0. The first-order chi connectivity index (χ1) is 10.4. The van der Waals surface area contributed by atoms with E-state index in [1.807, 2.05) is 0 Å². The Balaban J connectivity index is -0.000000105. The van der Waals surface area contributed by atoms with Crippen molar-refractivity contribution < 1.29 is 36.4 Å². The molecule has 14 heteroatoms. The van der Waals surface area contributed by atoms with Crippen LogP contribution in [0.15, 0.2) is 0 Å². The van der Waals surface area contributed by atoms with Crippen molar-refractivity contribution in [2.75, 3.05) is 35.6 Å². The molecule has 0 fully saturated rings. The van der Waals surface area contributed by atoms with E-state index in [-0.39, 0.29) is 0 Å². The molecule has 0 aliphatic heterocycles. The highest BCUT2D eigenvalue weighted by atomic mass is 79.9. The lowest BCUT2D eigenvalue weighted by Crippen LogP contribution is -2.54. The summed E-state index contributed by atoms with van der Waals surface area (Å²) in [6.45, 7) is 2.85. The maximum Gasteiger partial charge on any atom is 0.0875 e. The Morgan fingerprint density at radius 1 is 0.696 bits per heavy atom. The average molecular weight is 749 g/mol. The number of quaternary nitrogens is 3. The molecule has 0 aliphatic carbocycles. The molecule has 3 unspecified atom stereocenters. The highest BCUT2D eigenvalue weighted by Gasteiger charge is 1.97. The van der Waals surface area contributed by atoms with Gasteiger partial charge in [0.1, 0.15) is 0 Å². The van der Waals surface area contributed by atoms with Crippen LogP contribution in [0.1, 0.15) is 0 Å². The lowest BCUT2D eigenvalue weighted by atomic mass is 10.5. The molecule has 0 radical (unpaired) electrons. The summed E-state index contributed by atoms with van der Waals surface area (Å²) in [6.07, 6.45) is 0. The molecule has 7 nitrogen and oxygen atoms in total. The summed E-state index contributed by atoms with van der Waals surface area (Å²) in [7, 11) is -5.39. The van der Waals surface area contributed by atoms with Crippen LogP contribution >= 0.6 is 103 Å². The van der Waals surface area contributed by atoms with Crippen molar-refractivity contribution in [2.24, 2.45) is 0 Å². The van der Waals surface area contributed by atoms with Gasteiger partial charge in [0.15, 0.2) is 0 Å². The van der Waals surface area contributed by atoms with E-state index in [2.05, 4.69) is 113 Å². The zero-order valence-corrected chi connectivity index (χ0v) is 22.9. The van der Waals surface area contributed by atoms with Gasteiger partial charge in [0.25, 0.3) is 0 Å². The molecule has 0 saturated carbocycles. The number of hydrogen-bond acceptors (Lipinski definition) is 4. The second kappa shape index (κ2) is 24.9. The van der Waals surface area contributed by atoms with Gasteiger partial charge in [0.05, 0.1) is 34.1 Å². The quantitative estimate of drug-likeness (QED) is 0.219. The van der Waals surface area contributed by atoms with Crippen LogP contribution in [0.5, 0.6) is 0 Å². The molecule has 146 valence electrons. The Morgan fingerprint density at radius 3 is 0.826 bits per heavy atom. The second-order valence-corrected chi connectivity index (χ2v) is 10.3. The van der Waals surface area contributed by atoms with Crippen LogP contribution in [-0.2, 0) is 4.57 Å². The Hall–Kier alpha value is 2.87. The van der Waals surface area contributed by atoms with Gasteiger partial charge in [-0.1, -0.05) is 95.6 Å². The molecular formula is C9H24Br6N3O4P. The normalized spacial score (nSPS) is 13.9. The van der Waals surface area contributed by atoms with Crippen molar-refractivity contribution in [2.45, 2.75) is 14.5 Å². The molecular weight excluding hydrogens is 725 g/mol. The van der Waals surface area contributed by atoms with Gasteiger partial charge in [-0.15, -0.1) is 0 Å². The zero-order chi connectivity index (χ0) is 19.5. The van der Waals surface area contributed by atoms with Gasteiger partial charge in [-0.05, 0) is 0 Å². The molecule has 3 atom stereocenters. The number of alkyl halides is 6. The van der Waals surface area contributed by atoms with Crippen LogP contribution in [0.2, 0.25) is 0 Å². The Bertz CT molecular complexity index is 223. The first-order valence-corrected chi connectivity index (χ1v) is 13.7. The van der Waals surface area contributed by atoms with E-state index in [0.29, 0.717) is 14.5 Å². The minimum absolute atomic E-state index is 0.553. The third kappa shape index (κ3) is 58.8. The molecule has 0 saturated heterocycles. The third-order valence-corrected chi connectivity index (χ3v) is 8.74.